The number of hydrogen-bond acceptors (Lipinski definition) is 4. The number of benzene rings is 1. The van der Waals surface area contributed by atoms with Crippen molar-refractivity contribution in [2.45, 2.75) is 45.6 Å². The third-order valence-corrected chi connectivity index (χ3v) is 3.81. The van der Waals surface area contributed by atoms with Crippen molar-refractivity contribution >= 4 is 5.97 Å². The zero-order valence-corrected chi connectivity index (χ0v) is 13.1. The Morgan fingerprint density at radius 2 is 2.10 bits per heavy atom. The molecular formula is C17H24O4. The van der Waals surface area contributed by atoms with Crippen LogP contribution in [0.15, 0.2) is 18.2 Å². The third kappa shape index (κ3) is 3.05. The largest absolute Gasteiger partial charge is 0.493 e. The van der Waals surface area contributed by atoms with E-state index >= 15 is 0 Å². The quantitative estimate of drug-likeness (QED) is 0.755. The molecule has 1 heterocycles. The lowest BCUT2D eigenvalue weighted by atomic mass is 9.88. The molecule has 4 heteroatoms. The van der Waals surface area contributed by atoms with Gasteiger partial charge in [-0.25, -0.2) is 4.79 Å². The summed E-state index contributed by atoms with van der Waals surface area (Å²) >= 11 is 0. The number of rotatable bonds is 6. The summed E-state index contributed by atoms with van der Waals surface area (Å²) in [6.45, 7) is 7.31. The minimum atomic E-state index is -1.01. The summed E-state index contributed by atoms with van der Waals surface area (Å²) in [7, 11) is 0. The normalized spacial score (nSPS) is 21.3. The van der Waals surface area contributed by atoms with Gasteiger partial charge in [0, 0.05) is 12.2 Å². The zero-order chi connectivity index (χ0) is 15.3. The molecule has 1 aliphatic heterocycles. The van der Waals surface area contributed by atoms with Crippen molar-refractivity contribution < 1.29 is 19.0 Å². The molecular weight excluding hydrogens is 268 g/mol. The van der Waals surface area contributed by atoms with Gasteiger partial charge in [-0.3, -0.25) is 0 Å². The van der Waals surface area contributed by atoms with Crippen molar-refractivity contribution in [3.63, 3.8) is 0 Å². The van der Waals surface area contributed by atoms with Gasteiger partial charge in [0.05, 0.1) is 13.2 Å². The van der Waals surface area contributed by atoms with Gasteiger partial charge in [0.1, 0.15) is 5.75 Å². The van der Waals surface area contributed by atoms with Crippen LogP contribution in [-0.4, -0.2) is 25.8 Å². The van der Waals surface area contributed by atoms with E-state index in [0.717, 1.165) is 24.0 Å². The second-order valence-corrected chi connectivity index (χ2v) is 5.12. The molecule has 21 heavy (non-hydrogen) atoms. The van der Waals surface area contributed by atoms with Crippen LogP contribution in [0.1, 0.15) is 44.7 Å². The van der Waals surface area contributed by atoms with E-state index < -0.39 is 5.60 Å². The molecule has 1 aromatic carbocycles. The van der Waals surface area contributed by atoms with Gasteiger partial charge in [0.15, 0.2) is 5.60 Å². The second kappa shape index (κ2) is 6.94. The molecule has 1 unspecified atom stereocenters. The molecule has 1 saturated heterocycles. The average Bonchev–Trinajstić information content (AvgIpc) is 2.99. The molecule has 1 atom stereocenters. The summed E-state index contributed by atoms with van der Waals surface area (Å²) in [5, 5.41) is 0. The average molecular weight is 292 g/mol. The molecule has 0 radical (unpaired) electrons. The Kier molecular flexibility index (Phi) is 5.23. The van der Waals surface area contributed by atoms with Gasteiger partial charge >= 0.3 is 5.97 Å². The number of carbonyl (C=O) groups is 1. The van der Waals surface area contributed by atoms with E-state index in [-0.39, 0.29) is 5.97 Å². The molecule has 0 spiro atoms. The highest BCUT2D eigenvalue weighted by Crippen LogP contribution is 2.42. The van der Waals surface area contributed by atoms with Crippen LogP contribution in [0.5, 0.6) is 5.75 Å². The van der Waals surface area contributed by atoms with Gasteiger partial charge in [-0.05, 0) is 50.8 Å². The third-order valence-electron chi connectivity index (χ3n) is 3.81. The summed E-state index contributed by atoms with van der Waals surface area (Å²) in [6.07, 6.45) is 2.39. The molecule has 1 aliphatic rings. The van der Waals surface area contributed by atoms with Crippen LogP contribution >= 0.6 is 0 Å². The highest BCUT2D eigenvalue weighted by Gasteiger charge is 2.47. The number of esters is 1. The molecule has 116 valence electrons. The lowest BCUT2D eigenvalue weighted by Crippen LogP contribution is -2.37. The van der Waals surface area contributed by atoms with Gasteiger partial charge in [-0.2, -0.15) is 0 Å². The Hall–Kier alpha value is -1.55. The number of ether oxygens (including phenoxy) is 3. The smallest absolute Gasteiger partial charge is 0.343 e. The van der Waals surface area contributed by atoms with Gasteiger partial charge < -0.3 is 14.2 Å². The fourth-order valence-electron chi connectivity index (χ4n) is 2.76. The Balaban J connectivity index is 2.50. The predicted molar refractivity (Wildman–Crippen MR) is 80.5 cm³/mol. The molecule has 2 rings (SSSR count). The minimum Gasteiger partial charge on any atom is -0.493 e. The maximum absolute atomic E-state index is 12.5. The highest BCUT2D eigenvalue weighted by atomic mass is 16.6. The van der Waals surface area contributed by atoms with Crippen LogP contribution < -0.4 is 4.74 Å². The fourth-order valence-corrected chi connectivity index (χ4v) is 2.76. The summed E-state index contributed by atoms with van der Waals surface area (Å²) in [4.78, 5) is 12.5. The van der Waals surface area contributed by atoms with E-state index in [9.17, 15) is 4.79 Å². The Morgan fingerprint density at radius 1 is 1.29 bits per heavy atom. The van der Waals surface area contributed by atoms with E-state index in [0.29, 0.717) is 32.0 Å². The summed E-state index contributed by atoms with van der Waals surface area (Å²) in [5.41, 5.74) is 0.957. The van der Waals surface area contributed by atoms with Crippen LogP contribution in [0.25, 0.3) is 0 Å². The van der Waals surface area contributed by atoms with Gasteiger partial charge in [-0.1, -0.05) is 13.0 Å². The van der Waals surface area contributed by atoms with Gasteiger partial charge in [-0.15, -0.1) is 0 Å². The van der Waals surface area contributed by atoms with E-state index in [4.69, 9.17) is 14.2 Å². The lowest BCUT2D eigenvalue weighted by Gasteiger charge is -2.28. The second-order valence-electron chi connectivity index (χ2n) is 5.12. The van der Waals surface area contributed by atoms with E-state index in [1.165, 1.54) is 0 Å². The molecule has 0 aromatic heterocycles. The Bertz CT molecular complexity index is 490. The first kappa shape index (κ1) is 15.8. The lowest BCUT2D eigenvalue weighted by molar-refractivity contribution is -0.168. The predicted octanol–water partition coefficient (Wildman–Crippen LogP) is 3.22. The van der Waals surface area contributed by atoms with Crippen molar-refractivity contribution in [1.29, 1.82) is 0 Å². The summed E-state index contributed by atoms with van der Waals surface area (Å²) < 4.78 is 16.9. The van der Waals surface area contributed by atoms with Crippen molar-refractivity contribution in [3.05, 3.63) is 29.3 Å². The first-order chi connectivity index (χ1) is 10.2. The van der Waals surface area contributed by atoms with Gasteiger partial charge in [0.2, 0.25) is 0 Å². The maximum atomic E-state index is 12.5. The molecule has 0 saturated carbocycles. The number of aryl methyl sites for hydroxylation is 1. The van der Waals surface area contributed by atoms with Crippen LogP contribution in [0.4, 0.5) is 0 Å². The molecule has 0 N–H and O–H groups in total. The first-order valence-corrected chi connectivity index (χ1v) is 7.75. The summed E-state index contributed by atoms with van der Waals surface area (Å²) in [5.74, 6) is 0.404. The first-order valence-electron chi connectivity index (χ1n) is 7.75. The van der Waals surface area contributed by atoms with Crippen molar-refractivity contribution in [2.24, 2.45) is 0 Å². The monoisotopic (exact) mass is 292 g/mol. The maximum Gasteiger partial charge on any atom is 0.343 e. The van der Waals surface area contributed by atoms with Crippen LogP contribution in [0.3, 0.4) is 0 Å². The van der Waals surface area contributed by atoms with Crippen molar-refractivity contribution in [3.8, 4) is 5.75 Å². The minimum absolute atomic E-state index is 0.309. The zero-order valence-electron chi connectivity index (χ0n) is 13.1. The van der Waals surface area contributed by atoms with Crippen LogP contribution in [0, 0.1) is 0 Å². The molecule has 1 fully saturated rings. The van der Waals surface area contributed by atoms with Crippen molar-refractivity contribution in [1.82, 2.24) is 0 Å². The summed E-state index contributed by atoms with van der Waals surface area (Å²) in [6, 6.07) is 5.98. The Morgan fingerprint density at radius 3 is 2.67 bits per heavy atom. The Labute approximate surface area is 126 Å². The molecule has 4 nitrogen and oxygen atoms in total. The van der Waals surface area contributed by atoms with E-state index in [2.05, 4.69) is 6.92 Å². The molecule has 0 amide bonds. The van der Waals surface area contributed by atoms with E-state index in [1.54, 1.807) is 0 Å². The van der Waals surface area contributed by atoms with Crippen LogP contribution in [-0.2, 0) is 26.3 Å². The van der Waals surface area contributed by atoms with E-state index in [1.807, 2.05) is 32.0 Å². The van der Waals surface area contributed by atoms with Crippen LogP contribution in [0.2, 0.25) is 0 Å². The number of carbonyl (C=O) groups excluding carboxylic acids is 1. The molecule has 0 bridgehead atoms. The SMILES string of the molecule is CCOC(=O)C1(c2cc(CC)ccc2OCC)CCCO1. The standard InChI is InChI=1S/C17H24O4/c1-4-13-8-9-15(19-5-2)14(12-13)17(10-7-11-21-17)16(18)20-6-3/h8-9,12H,4-7,10-11H2,1-3H3. The van der Waals surface area contributed by atoms with Crippen molar-refractivity contribution in [2.75, 3.05) is 19.8 Å². The molecule has 0 aliphatic carbocycles. The number of hydrogen-bond donors (Lipinski definition) is 0. The topological polar surface area (TPSA) is 44.8 Å². The fraction of sp³-hybridized carbons (Fsp3) is 0.588. The molecule has 1 aromatic rings. The van der Waals surface area contributed by atoms with Gasteiger partial charge in [0.25, 0.3) is 0 Å². The highest BCUT2D eigenvalue weighted by molar-refractivity contribution is 5.83.